The molecule has 0 aliphatic heterocycles. The lowest BCUT2D eigenvalue weighted by Crippen LogP contribution is -2.56. The van der Waals surface area contributed by atoms with Gasteiger partial charge in [0.1, 0.15) is 12.2 Å². The second-order valence-electron chi connectivity index (χ2n) is 14.2. The first kappa shape index (κ1) is 27.9. The molecule has 5 nitrogen and oxygen atoms in total. The highest BCUT2D eigenvalue weighted by atomic mass is 16.5. The third-order valence-electron chi connectivity index (χ3n) is 11.4. The van der Waals surface area contributed by atoms with Crippen LogP contribution in [0.3, 0.4) is 0 Å². The van der Waals surface area contributed by atoms with Crippen molar-refractivity contribution in [1.82, 2.24) is 0 Å². The number of ether oxygens (including phenoxy) is 2. The lowest BCUT2D eigenvalue weighted by Gasteiger charge is -2.61. The molecule has 0 bridgehead atoms. The van der Waals surface area contributed by atoms with E-state index in [0.717, 1.165) is 51.4 Å². The number of esters is 2. The highest BCUT2D eigenvalue weighted by Gasteiger charge is 2.66. The average Bonchev–Trinajstić information content (AvgIpc) is 3.05. The molecule has 0 aromatic carbocycles. The normalized spacial score (nSPS) is 43.6. The number of rotatable bonds is 7. The van der Waals surface area contributed by atoms with Crippen LogP contribution in [0.15, 0.2) is 0 Å². The molecule has 0 aromatic heterocycles. The molecule has 4 saturated carbocycles. The number of hydrogen-bond acceptors (Lipinski definition) is 5. The summed E-state index contributed by atoms with van der Waals surface area (Å²) in [6, 6.07) is 0. The Morgan fingerprint density at radius 2 is 1.61 bits per heavy atom. The van der Waals surface area contributed by atoms with Crippen LogP contribution in [0.2, 0.25) is 0 Å². The van der Waals surface area contributed by atoms with Crippen LogP contribution in [0.4, 0.5) is 0 Å². The van der Waals surface area contributed by atoms with Crippen molar-refractivity contribution >= 4 is 11.9 Å². The Morgan fingerprint density at radius 3 is 2.25 bits per heavy atom. The van der Waals surface area contributed by atoms with Crippen LogP contribution >= 0.6 is 0 Å². The summed E-state index contributed by atoms with van der Waals surface area (Å²) in [7, 11) is 0. The van der Waals surface area contributed by atoms with Gasteiger partial charge in [-0.3, -0.25) is 9.59 Å². The summed E-state index contributed by atoms with van der Waals surface area (Å²) in [5, 5.41) is 11.9. The zero-order chi connectivity index (χ0) is 26.5. The highest BCUT2D eigenvalue weighted by molar-refractivity contribution is 5.66. The fraction of sp³-hybridized carbons (Fsp3) is 0.935. The van der Waals surface area contributed by atoms with Crippen molar-refractivity contribution in [3.05, 3.63) is 0 Å². The summed E-state index contributed by atoms with van der Waals surface area (Å²) >= 11 is 0. The zero-order valence-corrected chi connectivity index (χ0v) is 24.0. The fourth-order valence-electron chi connectivity index (χ4n) is 10.0. The number of aliphatic hydroxyl groups is 1. The van der Waals surface area contributed by atoms with E-state index in [-0.39, 0.29) is 40.9 Å². The highest BCUT2D eigenvalue weighted by Crippen LogP contribution is 2.69. The predicted octanol–water partition coefficient (Wildman–Crippen LogP) is 6.70. The molecule has 0 radical (unpaired) electrons. The molecule has 4 aliphatic rings. The van der Waals surface area contributed by atoms with Gasteiger partial charge in [0.15, 0.2) is 0 Å². The van der Waals surface area contributed by atoms with Crippen molar-refractivity contribution in [2.24, 2.45) is 46.3 Å². The lowest BCUT2D eigenvalue weighted by molar-refractivity contribution is -0.170. The summed E-state index contributed by atoms with van der Waals surface area (Å²) in [5.74, 6) is 2.60. The van der Waals surface area contributed by atoms with Gasteiger partial charge in [-0.05, 0) is 105 Å². The third kappa shape index (κ3) is 5.12. The Morgan fingerprint density at radius 1 is 0.944 bits per heavy atom. The van der Waals surface area contributed by atoms with Gasteiger partial charge in [-0.2, -0.15) is 0 Å². The van der Waals surface area contributed by atoms with Gasteiger partial charge in [0.05, 0.1) is 5.60 Å². The largest absolute Gasteiger partial charge is 0.463 e. The van der Waals surface area contributed by atoms with Crippen molar-refractivity contribution in [1.29, 1.82) is 0 Å². The van der Waals surface area contributed by atoms with E-state index in [4.69, 9.17) is 9.47 Å². The molecule has 4 fully saturated rings. The molecule has 36 heavy (non-hydrogen) atoms. The molecule has 0 spiro atoms. The lowest BCUT2D eigenvalue weighted by atomic mass is 9.44. The van der Waals surface area contributed by atoms with E-state index in [9.17, 15) is 14.7 Å². The molecule has 1 N–H and O–H groups in total. The molecule has 0 heterocycles. The van der Waals surface area contributed by atoms with Crippen molar-refractivity contribution in [2.45, 2.75) is 137 Å². The van der Waals surface area contributed by atoms with Gasteiger partial charge in [-0.15, -0.1) is 0 Å². The smallest absolute Gasteiger partial charge is 0.302 e. The van der Waals surface area contributed by atoms with E-state index in [1.54, 1.807) is 0 Å². The minimum atomic E-state index is -0.839. The molecule has 10 atom stereocenters. The Hall–Kier alpha value is -1.10. The average molecular weight is 505 g/mol. The molecular weight excluding hydrogens is 452 g/mol. The van der Waals surface area contributed by atoms with Gasteiger partial charge in [0.2, 0.25) is 0 Å². The van der Waals surface area contributed by atoms with Crippen LogP contribution in [0.25, 0.3) is 0 Å². The Kier molecular flexibility index (Phi) is 7.93. The van der Waals surface area contributed by atoms with Crippen molar-refractivity contribution in [3.63, 3.8) is 0 Å². The van der Waals surface area contributed by atoms with E-state index >= 15 is 0 Å². The summed E-state index contributed by atoms with van der Waals surface area (Å²) in [6.45, 7) is 14.5. The second kappa shape index (κ2) is 10.2. The topological polar surface area (TPSA) is 72.8 Å². The van der Waals surface area contributed by atoms with E-state index in [2.05, 4.69) is 27.7 Å². The zero-order valence-electron chi connectivity index (χ0n) is 24.0. The quantitative estimate of drug-likeness (QED) is 0.391. The van der Waals surface area contributed by atoms with Gasteiger partial charge < -0.3 is 14.6 Å². The van der Waals surface area contributed by atoms with Crippen LogP contribution in [0, 0.1) is 46.3 Å². The Bertz CT molecular complexity index is 820. The molecular formula is C31H52O5. The maximum absolute atomic E-state index is 12.2. The second-order valence-corrected chi connectivity index (χ2v) is 14.2. The molecule has 4 rings (SSSR count). The van der Waals surface area contributed by atoms with E-state index in [1.807, 2.05) is 6.92 Å². The predicted molar refractivity (Wildman–Crippen MR) is 141 cm³/mol. The first-order valence-electron chi connectivity index (χ1n) is 14.8. The summed E-state index contributed by atoms with van der Waals surface area (Å²) in [5.41, 5.74) is -0.565. The minimum absolute atomic E-state index is 0.0131. The molecule has 0 amide bonds. The van der Waals surface area contributed by atoms with Crippen LogP contribution in [0.1, 0.15) is 119 Å². The Labute approximate surface area is 219 Å². The molecule has 0 saturated heterocycles. The van der Waals surface area contributed by atoms with Crippen LogP contribution in [-0.4, -0.2) is 34.9 Å². The van der Waals surface area contributed by atoms with Crippen LogP contribution < -0.4 is 0 Å². The van der Waals surface area contributed by atoms with Crippen molar-refractivity contribution < 1.29 is 24.2 Å². The molecule has 0 aromatic rings. The number of carbonyl (C=O) groups excluding carboxylic acids is 2. The van der Waals surface area contributed by atoms with E-state index < -0.39 is 5.60 Å². The summed E-state index contributed by atoms with van der Waals surface area (Å²) < 4.78 is 11.7. The van der Waals surface area contributed by atoms with E-state index in [0.29, 0.717) is 29.6 Å². The van der Waals surface area contributed by atoms with Gasteiger partial charge in [0, 0.05) is 19.8 Å². The molecule has 4 aliphatic carbocycles. The maximum atomic E-state index is 12.2. The molecule has 1 unspecified atom stereocenters. The summed E-state index contributed by atoms with van der Waals surface area (Å²) in [4.78, 5) is 23.8. The van der Waals surface area contributed by atoms with E-state index in [1.165, 1.54) is 33.1 Å². The van der Waals surface area contributed by atoms with Crippen LogP contribution in [0.5, 0.6) is 0 Å². The number of carbonyl (C=O) groups is 2. The standard InChI is InChI=1S/C31H52O5/c1-19(2)9-8-14-31(7,34)28-27(36-21(4)33)18-26-24-11-10-22-17-23(35-20(3)32)12-15-29(22,5)25(24)13-16-30(26,28)6/h19,22-28,34H,8-18H2,1-7H3/t22?,23-,24+,25-,26-,27-,28-,29-,30-,31+/m0/s1. The van der Waals surface area contributed by atoms with Crippen molar-refractivity contribution in [3.8, 4) is 0 Å². The SMILES string of the molecule is CC(=O)O[C@H]1CC[C@@]2(C)C(CC[C@H]3[C@@H]4C[C@H](OC(C)=O)[C@H]([C@](C)(O)CCCC(C)C)[C@@]4(C)CC[C@@H]32)C1. The van der Waals surface area contributed by atoms with Gasteiger partial charge in [-0.1, -0.05) is 40.5 Å². The molecule has 206 valence electrons. The minimum Gasteiger partial charge on any atom is -0.463 e. The Balaban J connectivity index is 1.57. The first-order valence-corrected chi connectivity index (χ1v) is 14.8. The first-order chi connectivity index (χ1) is 16.8. The third-order valence-corrected chi connectivity index (χ3v) is 11.4. The van der Waals surface area contributed by atoms with Gasteiger partial charge in [0.25, 0.3) is 0 Å². The maximum Gasteiger partial charge on any atom is 0.302 e. The van der Waals surface area contributed by atoms with Crippen molar-refractivity contribution in [2.75, 3.05) is 0 Å². The number of fused-ring (bicyclic) bond motifs is 5. The molecule has 5 heteroatoms. The fourth-order valence-corrected chi connectivity index (χ4v) is 10.0. The number of hydrogen-bond donors (Lipinski definition) is 1. The summed E-state index contributed by atoms with van der Waals surface area (Å²) in [6.07, 6.45) is 11.4. The van der Waals surface area contributed by atoms with Gasteiger partial charge in [-0.25, -0.2) is 0 Å². The monoisotopic (exact) mass is 504 g/mol. The van der Waals surface area contributed by atoms with Crippen LogP contribution in [-0.2, 0) is 19.1 Å². The van der Waals surface area contributed by atoms with Gasteiger partial charge >= 0.3 is 11.9 Å².